The number of hydrogen-bond acceptors (Lipinski definition) is 4. The fourth-order valence-corrected chi connectivity index (χ4v) is 2.33. The third-order valence-corrected chi connectivity index (χ3v) is 3.53. The average Bonchev–Trinajstić information content (AvgIpc) is 2.70. The number of nitrogens with two attached hydrogens (primary N) is 1. The fraction of sp³-hybridized carbons (Fsp3) is 0.467. The Hall–Kier alpha value is -2.08. The Labute approximate surface area is 124 Å². The number of urea groups is 1. The van der Waals surface area contributed by atoms with Gasteiger partial charge >= 0.3 is 6.03 Å². The topological polar surface area (TPSA) is 84.7 Å². The summed E-state index contributed by atoms with van der Waals surface area (Å²) in [5.41, 5.74) is 5.12. The molecule has 0 bridgehead atoms. The van der Waals surface area contributed by atoms with E-state index in [9.17, 15) is 9.59 Å². The maximum Gasteiger partial charge on any atom is 0.325 e. The highest BCUT2D eigenvalue weighted by molar-refractivity contribution is 6.07. The molecule has 0 radical (unpaired) electrons. The predicted octanol–water partition coefficient (Wildman–Crippen LogP) is 1.20. The van der Waals surface area contributed by atoms with E-state index in [4.69, 9.17) is 10.5 Å². The van der Waals surface area contributed by atoms with E-state index >= 15 is 0 Å². The van der Waals surface area contributed by atoms with Gasteiger partial charge in [0.05, 0.1) is 6.61 Å². The summed E-state index contributed by atoms with van der Waals surface area (Å²) in [4.78, 5) is 25.5. The SMILES string of the molecule is CCCOc1ccc(C2(C)NC(=O)N(CCN)C2=O)cc1. The summed E-state index contributed by atoms with van der Waals surface area (Å²) >= 11 is 0. The number of amides is 3. The Morgan fingerprint density at radius 1 is 1.29 bits per heavy atom. The van der Waals surface area contributed by atoms with E-state index in [2.05, 4.69) is 5.32 Å². The van der Waals surface area contributed by atoms with E-state index in [0.29, 0.717) is 6.61 Å². The van der Waals surface area contributed by atoms with Gasteiger partial charge in [-0.25, -0.2) is 4.79 Å². The molecule has 0 aromatic heterocycles. The summed E-state index contributed by atoms with van der Waals surface area (Å²) in [5.74, 6) is 0.472. The highest BCUT2D eigenvalue weighted by Gasteiger charge is 2.48. The summed E-state index contributed by atoms with van der Waals surface area (Å²) < 4.78 is 5.51. The molecule has 1 unspecified atom stereocenters. The molecule has 3 amide bonds. The van der Waals surface area contributed by atoms with Crippen molar-refractivity contribution in [2.45, 2.75) is 25.8 Å². The van der Waals surface area contributed by atoms with Crippen LogP contribution in [0.2, 0.25) is 0 Å². The molecule has 1 fully saturated rings. The number of ether oxygens (including phenoxy) is 1. The van der Waals surface area contributed by atoms with Gasteiger partial charge in [-0.15, -0.1) is 0 Å². The number of carbonyl (C=O) groups is 2. The molecule has 1 atom stereocenters. The lowest BCUT2D eigenvalue weighted by Crippen LogP contribution is -2.41. The number of benzene rings is 1. The number of imide groups is 1. The third-order valence-electron chi connectivity index (χ3n) is 3.53. The molecule has 21 heavy (non-hydrogen) atoms. The van der Waals surface area contributed by atoms with E-state index < -0.39 is 11.6 Å². The Kier molecular flexibility index (Phi) is 4.47. The van der Waals surface area contributed by atoms with E-state index in [-0.39, 0.29) is 19.0 Å². The zero-order valence-electron chi connectivity index (χ0n) is 12.4. The Morgan fingerprint density at radius 2 is 1.95 bits per heavy atom. The molecule has 2 rings (SSSR count). The monoisotopic (exact) mass is 291 g/mol. The van der Waals surface area contributed by atoms with Crippen molar-refractivity contribution in [1.29, 1.82) is 0 Å². The van der Waals surface area contributed by atoms with Gasteiger partial charge in [-0.05, 0) is 31.0 Å². The quantitative estimate of drug-likeness (QED) is 0.771. The Bertz CT molecular complexity index is 529. The second kappa shape index (κ2) is 6.13. The van der Waals surface area contributed by atoms with Crippen molar-refractivity contribution >= 4 is 11.9 Å². The van der Waals surface area contributed by atoms with Crippen LogP contribution in [0, 0.1) is 0 Å². The van der Waals surface area contributed by atoms with Crippen LogP contribution in [0.15, 0.2) is 24.3 Å². The molecule has 1 aliphatic heterocycles. The molecule has 1 saturated heterocycles. The van der Waals surface area contributed by atoms with Gasteiger partial charge in [0.25, 0.3) is 5.91 Å². The molecule has 0 aliphatic carbocycles. The van der Waals surface area contributed by atoms with Crippen molar-refractivity contribution in [2.24, 2.45) is 5.73 Å². The number of hydrogen-bond donors (Lipinski definition) is 2. The van der Waals surface area contributed by atoms with Crippen LogP contribution in [0.25, 0.3) is 0 Å². The lowest BCUT2D eigenvalue weighted by atomic mass is 9.92. The standard InChI is InChI=1S/C15H21N3O3/c1-3-10-21-12-6-4-11(5-7-12)15(2)13(19)18(9-8-16)14(20)17-15/h4-7H,3,8-10,16H2,1-2H3,(H,17,20). The van der Waals surface area contributed by atoms with Crippen molar-refractivity contribution in [3.63, 3.8) is 0 Å². The first-order valence-corrected chi connectivity index (χ1v) is 7.10. The predicted molar refractivity (Wildman–Crippen MR) is 78.9 cm³/mol. The minimum Gasteiger partial charge on any atom is -0.494 e. The van der Waals surface area contributed by atoms with Crippen LogP contribution in [0.1, 0.15) is 25.8 Å². The van der Waals surface area contributed by atoms with E-state index in [1.807, 2.05) is 6.92 Å². The van der Waals surface area contributed by atoms with Crippen LogP contribution in [0.4, 0.5) is 4.79 Å². The highest BCUT2D eigenvalue weighted by atomic mass is 16.5. The van der Waals surface area contributed by atoms with Crippen LogP contribution >= 0.6 is 0 Å². The van der Waals surface area contributed by atoms with E-state index in [0.717, 1.165) is 22.6 Å². The van der Waals surface area contributed by atoms with Crippen LogP contribution in [0.5, 0.6) is 5.75 Å². The first-order valence-electron chi connectivity index (χ1n) is 7.10. The van der Waals surface area contributed by atoms with Gasteiger partial charge in [0.15, 0.2) is 0 Å². The van der Waals surface area contributed by atoms with Crippen molar-refractivity contribution in [3.05, 3.63) is 29.8 Å². The number of nitrogens with zero attached hydrogens (tertiary/aromatic N) is 1. The molecule has 6 heteroatoms. The van der Waals surface area contributed by atoms with Crippen LogP contribution in [0.3, 0.4) is 0 Å². The zero-order chi connectivity index (χ0) is 15.5. The zero-order valence-corrected chi connectivity index (χ0v) is 12.4. The summed E-state index contributed by atoms with van der Waals surface area (Å²) in [6, 6.07) is 6.81. The summed E-state index contributed by atoms with van der Waals surface area (Å²) in [6.45, 7) is 4.85. The van der Waals surface area contributed by atoms with Crippen molar-refractivity contribution in [3.8, 4) is 5.75 Å². The van der Waals surface area contributed by atoms with Crippen LogP contribution < -0.4 is 15.8 Å². The minimum absolute atomic E-state index is 0.220. The smallest absolute Gasteiger partial charge is 0.325 e. The van der Waals surface area contributed by atoms with E-state index in [1.165, 1.54) is 0 Å². The summed E-state index contributed by atoms with van der Waals surface area (Å²) in [5, 5.41) is 2.73. The molecule has 1 aromatic carbocycles. The van der Waals surface area contributed by atoms with Gasteiger partial charge in [0, 0.05) is 13.1 Å². The number of rotatable bonds is 6. The highest BCUT2D eigenvalue weighted by Crippen LogP contribution is 2.29. The van der Waals surface area contributed by atoms with Gasteiger partial charge < -0.3 is 15.8 Å². The molecule has 1 heterocycles. The molecular formula is C15H21N3O3. The van der Waals surface area contributed by atoms with Gasteiger partial charge in [0.1, 0.15) is 11.3 Å². The van der Waals surface area contributed by atoms with Gasteiger partial charge in [-0.2, -0.15) is 0 Å². The largest absolute Gasteiger partial charge is 0.494 e. The van der Waals surface area contributed by atoms with Crippen LogP contribution in [-0.4, -0.2) is 36.5 Å². The Morgan fingerprint density at radius 3 is 2.52 bits per heavy atom. The fourth-order valence-electron chi connectivity index (χ4n) is 2.33. The first kappa shape index (κ1) is 15.3. The Balaban J connectivity index is 2.20. The van der Waals surface area contributed by atoms with Gasteiger partial charge in [0.2, 0.25) is 0 Å². The van der Waals surface area contributed by atoms with E-state index in [1.54, 1.807) is 31.2 Å². The second-order valence-electron chi connectivity index (χ2n) is 5.17. The van der Waals surface area contributed by atoms with Crippen molar-refractivity contribution in [1.82, 2.24) is 10.2 Å². The maximum absolute atomic E-state index is 12.4. The van der Waals surface area contributed by atoms with Crippen LogP contribution in [-0.2, 0) is 10.3 Å². The number of carbonyl (C=O) groups excluding carboxylic acids is 2. The molecule has 0 spiro atoms. The summed E-state index contributed by atoms with van der Waals surface area (Å²) in [6.07, 6.45) is 0.933. The average molecular weight is 291 g/mol. The molecule has 3 N–H and O–H groups in total. The van der Waals surface area contributed by atoms with Crippen molar-refractivity contribution < 1.29 is 14.3 Å². The normalized spacial score (nSPS) is 21.6. The lowest BCUT2D eigenvalue weighted by Gasteiger charge is -2.22. The third kappa shape index (κ3) is 2.85. The van der Waals surface area contributed by atoms with Gasteiger partial charge in [-0.1, -0.05) is 19.1 Å². The molecule has 0 saturated carbocycles. The van der Waals surface area contributed by atoms with Gasteiger partial charge in [-0.3, -0.25) is 9.69 Å². The molecule has 6 nitrogen and oxygen atoms in total. The minimum atomic E-state index is -1.05. The number of nitrogens with one attached hydrogen (secondary N) is 1. The van der Waals surface area contributed by atoms with Crippen molar-refractivity contribution in [2.75, 3.05) is 19.7 Å². The second-order valence-corrected chi connectivity index (χ2v) is 5.17. The summed E-state index contributed by atoms with van der Waals surface area (Å²) in [7, 11) is 0. The molecule has 114 valence electrons. The first-order chi connectivity index (χ1) is 10.0. The maximum atomic E-state index is 12.4. The molecular weight excluding hydrogens is 270 g/mol. The molecule has 1 aliphatic rings. The molecule has 1 aromatic rings. The lowest BCUT2D eigenvalue weighted by molar-refractivity contribution is -0.131.